The van der Waals surface area contributed by atoms with Gasteiger partial charge in [0.05, 0.1) is 11.5 Å². The first-order chi connectivity index (χ1) is 10.4. The fourth-order valence-electron chi connectivity index (χ4n) is 2.64. The van der Waals surface area contributed by atoms with Gasteiger partial charge in [0.1, 0.15) is 0 Å². The first-order valence-corrected chi connectivity index (χ1v) is 7.78. The largest absolute Gasteiger partial charge is 0.318 e. The van der Waals surface area contributed by atoms with Crippen molar-refractivity contribution in [1.82, 2.24) is 0 Å². The summed E-state index contributed by atoms with van der Waals surface area (Å²) in [5.41, 5.74) is 6.03. The van der Waals surface area contributed by atoms with Gasteiger partial charge in [-0.25, -0.2) is 0 Å². The van der Waals surface area contributed by atoms with Crippen molar-refractivity contribution in [2.45, 2.75) is 21.8 Å². The van der Waals surface area contributed by atoms with Crippen LogP contribution in [0.2, 0.25) is 0 Å². The van der Waals surface area contributed by atoms with Gasteiger partial charge in [0.15, 0.2) is 11.6 Å². The summed E-state index contributed by atoms with van der Waals surface area (Å²) in [6.45, 7) is 0. The maximum absolute atomic E-state index is 12.6. The molecule has 0 heterocycles. The van der Waals surface area contributed by atoms with E-state index in [-0.39, 0.29) is 11.6 Å². The van der Waals surface area contributed by atoms with Crippen LogP contribution < -0.4 is 5.73 Å². The summed E-state index contributed by atoms with van der Waals surface area (Å²) < 4.78 is 0. The Kier molecular flexibility index (Phi) is 3.89. The van der Waals surface area contributed by atoms with Gasteiger partial charge in [-0.15, -0.1) is 25.3 Å². The second-order valence-corrected chi connectivity index (χ2v) is 6.49. The van der Waals surface area contributed by atoms with Crippen molar-refractivity contribution in [2.24, 2.45) is 11.7 Å². The molecule has 112 valence electrons. The van der Waals surface area contributed by atoms with E-state index in [0.717, 1.165) is 0 Å². The SMILES string of the molecule is NC1(C(=O)c2ccccc2S)CC1C(=O)c1ccccc1S. The van der Waals surface area contributed by atoms with E-state index in [1.165, 1.54) is 0 Å². The highest BCUT2D eigenvalue weighted by molar-refractivity contribution is 7.80. The Morgan fingerprint density at radius 1 is 0.955 bits per heavy atom. The van der Waals surface area contributed by atoms with Crippen LogP contribution in [-0.2, 0) is 0 Å². The van der Waals surface area contributed by atoms with Crippen LogP contribution >= 0.6 is 25.3 Å². The molecule has 0 spiro atoms. The van der Waals surface area contributed by atoms with Crippen LogP contribution in [0, 0.1) is 5.92 Å². The predicted octanol–water partition coefficient (Wildman–Crippen LogP) is 3.05. The maximum Gasteiger partial charge on any atom is 0.184 e. The lowest BCUT2D eigenvalue weighted by atomic mass is 9.97. The van der Waals surface area contributed by atoms with Gasteiger partial charge in [0.25, 0.3) is 0 Å². The molecule has 3 nitrogen and oxygen atoms in total. The van der Waals surface area contributed by atoms with E-state index in [9.17, 15) is 9.59 Å². The third-order valence-corrected chi connectivity index (χ3v) is 4.84. The van der Waals surface area contributed by atoms with Crippen LogP contribution in [0.4, 0.5) is 0 Å². The molecule has 0 saturated heterocycles. The van der Waals surface area contributed by atoms with Crippen molar-refractivity contribution in [3.8, 4) is 0 Å². The van der Waals surface area contributed by atoms with E-state index in [0.29, 0.717) is 27.3 Å². The minimum Gasteiger partial charge on any atom is -0.318 e. The van der Waals surface area contributed by atoms with Gasteiger partial charge >= 0.3 is 0 Å². The van der Waals surface area contributed by atoms with E-state index in [1.807, 2.05) is 6.07 Å². The zero-order chi connectivity index (χ0) is 15.9. The number of hydrogen-bond donors (Lipinski definition) is 3. The van der Waals surface area contributed by atoms with Crippen molar-refractivity contribution in [2.75, 3.05) is 0 Å². The van der Waals surface area contributed by atoms with Crippen molar-refractivity contribution in [1.29, 1.82) is 0 Å². The summed E-state index contributed by atoms with van der Waals surface area (Å²) in [6, 6.07) is 14.0. The second-order valence-electron chi connectivity index (χ2n) is 5.52. The number of nitrogens with two attached hydrogens (primary N) is 1. The lowest BCUT2D eigenvalue weighted by Crippen LogP contribution is -2.37. The highest BCUT2D eigenvalue weighted by Gasteiger charge is 2.60. The van der Waals surface area contributed by atoms with Crippen molar-refractivity contribution in [3.63, 3.8) is 0 Å². The summed E-state index contributed by atoms with van der Waals surface area (Å²) in [5.74, 6) is -0.854. The predicted molar refractivity (Wildman–Crippen MR) is 91.1 cm³/mol. The van der Waals surface area contributed by atoms with Crippen LogP contribution in [-0.4, -0.2) is 17.1 Å². The van der Waals surface area contributed by atoms with Gasteiger partial charge < -0.3 is 5.73 Å². The van der Waals surface area contributed by atoms with Crippen LogP contribution in [0.3, 0.4) is 0 Å². The minimum atomic E-state index is -1.13. The Balaban J connectivity index is 1.86. The Morgan fingerprint density at radius 2 is 1.45 bits per heavy atom. The summed E-state index contributed by atoms with van der Waals surface area (Å²) in [4.78, 5) is 26.4. The van der Waals surface area contributed by atoms with Gasteiger partial charge in [-0.05, 0) is 18.6 Å². The molecule has 1 aliphatic carbocycles. The summed E-state index contributed by atoms with van der Waals surface area (Å²) in [6.07, 6.45) is 0.356. The maximum atomic E-state index is 12.6. The quantitative estimate of drug-likeness (QED) is 0.597. The molecule has 0 aliphatic heterocycles. The van der Waals surface area contributed by atoms with Crippen LogP contribution in [0.15, 0.2) is 58.3 Å². The second kappa shape index (κ2) is 5.57. The zero-order valence-corrected chi connectivity index (χ0v) is 13.5. The molecule has 2 aromatic rings. The molecular weight excluding hydrogens is 314 g/mol. The smallest absolute Gasteiger partial charge is 0.184 e. The number of ketones is 2. The number of carbonyl (C=O) groups is 2. The lowest BCUT2D eigenvalue weighted by molar-refractivity contribution is 0.0886. The Hall–Kier alpha value is -1.56. The molecule has 0 bridgehead atoms. The molecule has 2 unspecified atom stereocenters. The molecule has 1 fully saturated rings. The number of Topliss-reactive ketones (excluding diaryl/α,β-unsaturated/α-hetero) is 2. The standard InChI is InChI=1S/C17H15NO2S2/c18-17(16(20)11-6-2-4-8-14(11)22)9-12(17)15(19)10-5-1-3-7-13(10)21/h1-8,12,21-22H,9,18H2. The number of hydrogen-bond acceptors (Lipinski definition) is 5. The molecule has 5 heteroatoms. The molecule has 2 aromatic carbocycles. The first-order valence-electron chi connectivity index (χ1n) is 6.89. The number of rotatable bonds is 4. The minimum absolute atomic E-state index is 0.127. The molecule has 22 heavy (non-hydrogen) atoms. The highest BCUT2D eigenvalue weighted by Crippen LogP contribution is 2.46. The fourth-order valence-corrected chi connectivity index (χ4v) is 3.18. The molecule has 2 atom stereocenters. The topological polar surface area (TPSA) is 60.2 Å². The molecule has 0 aromatic heterocycles. The van der Waals surface area contributed by atoms with Crippen molar-refractivity contribution >= 4 is 36.8 Å². The van der Waals surface area contributed by atoms with Gasteiger partial charge in [0, 0.05) is 20.9 Å². The summed E-state index contributed by atoms with van der Waals surface area (Å²) >= 11 is 8.59. The number of thiol groups is 2. The molecule has 1 aliphatic rings. The lowest BCUT2D eigenvalue weighted by Gasteiger charge is -2.12. The van der Waals surface area contributed by atoms with Gasteiger partial charge in [-0.2, -0.15) is 0 Å². The van der Waals surface area contributed by atoms with Crippen LogP contribution in [0.25, 0.3) is 0 Å². The summed E-state index contributed by atoms with van der Waals surface area (Å²) in [7, 11) is 0. The molecule has 0 amide bonds. The molecule has 1 saturated carbocycles. The molecule has 3 rings (SSSR count). The van der Waals surface area contributed by atoms with E-state index in [1.54, 1.807) is 42.5 Å². The zero-order valence-electron chi connectivity index (χ0n) is 11.7. The number of benzene rings is 2. The number of carbonyl (C=O) groups excluding carboxylic acids is 2. The molecular formula is C17H15NO2S2. The van der Waals surface area contributed by atoms with Gasteiger partial charge in [0.2, 0.25) is 0 Å². The van der Waals surface area contributed by atoms with Gasteiger partial charge in [-0.3, -0.25) is 9.59 Å². The van der Waals surface area contributed by atoms with E-state index in [4.69, 9.17) is 5.73 Å². The third-order valence-electron chi connectivity index (χ3n) is 4.06. The van der Waals surface area contributed by atoms with Crippen molar-refractivity contribution in [3.05, 3.63) is 59.7 Å². The Labute approximate surface area is 139 Å². The van der Waals surface area contributed by atoms with Gasteiger partial charge in [-0.1, -0.05) is 36.4 Å². The highest BCUT2D eigenvalue weighted by atomic mass is 32.1. The molecule has 2 N–H and O–H groups in total. The summed E-state index contributed by atoms with van der Waals surface area (Å²) in [5, 5.41) is 0. The average Bonchev–Trinajstić information content (AvgIpc) is 3.20. The first kappa shape index (κ1) is 15.3. The normalized spacial score (nSPS) is 23.1. The van der Waals surface area contributed by atoms with Crippen molar-refractivity contribution < 1.29 is 9.59 Å². The van der Waals surface area contributed by atoms with Crippen LogP contribution in [0.5, 0.6) is 0 Å². The van der Waals surface area contributed by atoms with E-state index >= 15 is 0 Å². The monoisotopic (exact) mass is 329 g/mol. The third kappa shape index (κ3) is 2.49. The van der Waals surface area contributed by atoms with E-state index < -0.39 is 11.5 Å². The van der Waals surface area contributed by atoms with E-state index in [2.05, 4.69) is 25.3 Å². The van der Waals surface area contributed by atoms with Crippen LogP contribution in [0.1, 0.15) is 27.1 Å². The fraction of sp³-hybridized carbons (Fsp3) is 0.176. The Bertz CT molecular complexity index is 775. The average molecular weight is 329 g/mol. The molecule has 0 radical (unpaired) electrons. The Morgan fingerprint density at radius 3 is 2.00 bits per heavy atom.